The van der Waals surface area contributed by atoms with Crippen LogP contribution >= 0.6 is 11.3 Å². The van der Waals surface area contributed by atoms with Gasteiger partial charge < -0.3 is 5.11 Å². The molecule has 1 aromatic heterocycles. The van der Waals surface area contributed by atoms with Crippen LogP contribution < -0.4 is 4.90 Å². The number of hydrogen-bond acceptors (Lipinski definition) is 2. The maximum absolute atomic E-state index is 11.1. The number of carboxylic acid groups (broad SMARTS) is 1. The highest BCUT2D eigenvalue weighted by molar-refractivity contribution is 7.16. The van der Waals surface area contributed by atoms with Crippen molar-refractivity contribution in [2.45, 2.75) is 33.6 Å². The lowest BCUT2D eigenvalue weighted by molar-refractivity contribution is 0.202. The zero-order chi connectivity index (χ0) is 11.4. The third kappa shape index (κ3) is 2.96. The van der Waals surface area contributed by atoms with Gasteiger partial charge in [0.2, 0.25) is 0 Å². The van der Waals surface area contributed by atoms with Crippen LogP contribution in [-0.4, -0.2) is 17.7 Å². The van der Waals surface area contributed by atoms with Crippen molar-refractivity contribution in [1.29, 1.82) is 0 Å². The third-order valence-electron chi connectivity index (χ3n) is 2.39. The molecule has 0 aliphatic heterocycles. The molecule has 0 aliphatic carbocycles. The molecule has 1 amide bonds. The van der Waals surface area contributed by atoms with E-state index in [0.29, 0.717) is 6.54 Å². The van der Waals surface area contributed by atoms with Crippen molar-refractivity contribution in [1.82, 2.24) is 0 Å². The number of aryl methyl sites for hydroxylation is 2. The SMILES string of the molecule is CCCCN(C(=O)O)c1cc(C)c(C)s1. The van der Waals surface area contributed by atoms with Gasteiger partial charge in [-0.1, -0.05) is 13.3 Å². The van der Waals surface area contributed by atoms with E-state index in [9.17, 15) is 4.79 Å². The van der Waals surface area contributed by atoms with E-state index in [0.717, 1.165) is 23.4 Å². The molecule has 15 heavy (non-hydrogen) atoms. The Morgan fingerprint density at radius 2 is 2.20 bits per heavy atom. The van der Waals surface area contributed by atoms with Crippen LogP contribution in [0.1, 0.15) is 30.2 Å². The summed E-state index contributed by atoms with van der Waals surface area (Å²) in [6, 6.07) is 1.95. The van der Waals surface area contributed by atoms with Crippen LogP contribution in [0.5, 0.6) is 0 Å². The van der Waals surface area contributed by atoms with Gasteiger partial charge in [0, 0.05) is 11.4 Å². The second-order valence-electron chi connectivity index (χ2n) is 3.61. The van der Waals surface area contributed by atoms with Crippen LogP contribution in [0.15, 0.2) is 6.07 Å². The lowest BCUT2D eigenvalue weighted by atomic mass is 10.3. The van der Waals surface area contributed by atoms with Gasteiger partial charge in [0.1, 0.15) is 5.00 Å². The molecule has 0 radical (unpaired) electrons. The molecule has 84 valence electrons. The van der Waals surface area contributed by atoms with E-state index in [1.54, 1.807) is 11.3 Å². The molecule has 3 nitrogen and oxygen atoms in total. The second-order valence-corrected chi connectivity index (χ2v) is 4.85. The van der Waals surface area contributed by atoms with Crippen molar-refractivity contribution >= 4 is 22.4 Å². The minimum absolute atomic E-state index is 0.589. The first kappa shape index (κ1) is 12.0. The minimum atomic E-state index is -0.857. The van der Waals surface area contributed by atoms with Gasteiger partial charge in [0.05, 0.1) is 0 Å². The molecule has 0 bridgehead atoms. The Morgan fingerprint density at radius 1 is 1.53 bits per heavy atom. The topological polar surface area (TPSA) is 40.5 Å². The number of nitrogens with zero attached hydrogens (tertiary/aromatic N) is 1. The van der Waals surface area contributed by atoms with Gasteiger partial charge >= 0.3 is 6.09 Å². The second kappa shape index (κ2) is 5.16. The Balaban J connectivity index is 2.84. The van der Waals surface area contributed by atoms with E-state index < -0.39 is 6.09 Å². The van der Waals surface area contributed by atoms with Crippen LogP contribution in [0.3, 0.4) is 0 Å². The van der Waals surface area contributed by atoms with Crippen molar-refractivity contribution in [2.75, 3.05) is 11.4 Å². The number of unbranched alkanes of at least 4 members (excludes halogenated alkanes) is 1. The molecular weight excluding hydrogens is 210 g/mol. The van der Waals surface area contributed by atoms with Gasteiger partial charge in [-0.25, -0.2) is 4.79 Å². The van der Waals surface area contributed by atoms with Gasteiger partial charge in [-0.2, -0.15) is 0 Å². The molecule has 1 rings (SSSR count). The van der Waals surface area contributed by atoms with Gasteiger partial charge in [-0.05, 0) is 31.9 Å². The first-order valence-corrected chi connectivity index (χ1v) is 5.95. The monoisotopic (exact) mass is 227 g/mol. The predicted molar refractivity (Wildman–Crippen MR) is 64.1 cm³/mol. The van der Waals surface area contributed by atoms with E-state index in [-0.39, 0.29) is 0 Å². The normalized spacial score (nSPS) is 10.3. The summed E-state index contributed by atoms with van der Waals surface area (Å²) >= 11 is 1.55. The Morgan fingerprint density at radius 3 is 2.60 bits per heavy atom. The molecule has 1 N–H and O–H groups in total. The molecule has 0 atom stereocenters. The maximum atomic E-state index is 11.1. The quantitative estimate of drug-likeness (QED) is 0.853. The highest BCUT2D eigenvalue weighted by Gasteiger charge is 2.16. The van der Waals surface area contributed by atoms with Crippen molar-refractivity contribution in [3.63, 3.8) is 0 Å². The average molecular weight is 227 g/mol. The first-order chi connectivity index (χ1) is 7.06. The molecular formula is C11H17NO2S. The Hall–Kier alpha value is -1.03. The average Bonchev–Trinajstić information content (AvgIpc) is 2.47. The summed E-state index contributed by atoms with van der Waals surface area (Å²) < 4.78 is 0. The predicted octanol–water partition coefficient (Wildman–Crippen LogP) is 3.65. The zero-order valence-electron chi connectivity index (χ0n) is 9.41. The fourth-order valence-corrected chi connectivity index (χ4v) is 2.35. The van der Waals surface area contributed by atoms with E-state index in [1.807, 2.05) is 19.9 Å². The molecule has 0 spiro atoms. The van der Waals surface area contributed by atoms with Crippen LogP contribution in [0.2, 0.25) is 0 Å². The van der Waals surface area contributed by atoms with Gasteiger partial charge in [-0.15, -0.1) is 11.3 Å². The van der Waals surface area contributed by atoms with E-state index in [4.69, 9.17) is 5.11 Å². The number of anilines is 1. The highest BCUT2D eigenvalue weighted by atomic mass is 32.1. The van der Waals surface area contributed by atoms with Crippen molar-refractivity contribution < 1.29 is 9.90 Å². The molecule has 1 heterocycles. The van der Waals surface area contributed by atoms with Gasteiger partial charge in [0.25, 0.3) is 0 Å². The van der Waals surface area contributed by atoms with Crippen molar-refractivity contribution in [2.24, 2.45) is 0 Å². The Labute approximate surface area is 94.3 Å². The third-order valence-corrected chi connectivity index (χ3v) is 3.56. The summed E-state index contributed by atoms with van der Waals surface area (Å²) in [5.41, 5.74) is 1.16. The zero-order valence-corrected chi connectivity index (χ0v) is 10.2. The molecule has 0 saturated carbocycles. The Kier molecular flexibility index (Phi) is 4.15. The Bertz CT molecular complexity index is 327. The highest BCUT2D eigenvalue weighted by Crippen LogP contribution is 2.29. The smallest absolute Gasteiger partial charge is 0.412 e. The van der Waals surface area contributed by atoms with Crippen molar-refractivity contribution in [3.05, 3.63) is 16.5 Å². The number of thiophene rings is 1. The van der Waals surface area contributed by atoms with Gasteiger partial charge in [-0.3, -0.25) is 4.90 Å². The van der Waals surface area contributed by atoms with E-state index in [2.05, 4.69) is 6.92 Å². The molecule has 0 aliphatic rings. The van der Waals surface area contributed by atoms with Crippen molar-refractivity contribution in [3.8, 4) is 0 Å². The van der Waals surface area contributed by atoms with E-state index in [1.165, 1.54) is 9.78 Å². The summed E-state index contributed by atoms with van der Waals surface area (Å²) in [5, 5.41) is 9.92. The molecule has 4 heteroatoms. The van der Waals surface area contributed by atoms with Crippen LogP contribution in [0, 0.1) is 13.8 Å². The fraction of sp³-hybridized carbons (Fsp3) is 0.545. The standard InChI is InChI=1S/C11H17NO2S/c1-4-5-6-12(11(13)14)10-7-8(2)9(3)15-10/h7H,4-6H2,1-3H3,(H,13,14). The summed E-state index contributed by atoms with van der Waals surface area (Å²) in [5.74, 6) is 0. The summed E-state index contributed by atoms with van der Waals surface area (Å²) in [6.45, 7) is 6.68. The number of rotatable bonds is 4. The fourth-order valence-electron chi connectivity index (χ4n) is 1.30. The summed E-state index contributed by atoms with van der Waals surface area (Å²) in [7, 11) is 0. The molecule has 0 unspecified atom stereocenters. The number of hydrogen-bond donors (Lipinski definition) is 1. The first-order valence-electron chi connectivity index (χ1n) is 5.13. The molecule has 1 aromatic rings. The molecule has 0 aromatic carbocycles. The van der Waals surface area contributed by atoms with Crippen LogP contribution in [-0.2, 0) is 0 Å². The number of carbonyl (C=O) groups is 1. The molecule has 0 saturated heterocycles. The van der Waals surface area contributed by atoms with Crippen LogP contribution in [0.25, 0.3) is 0 Å². The molecule has 0 fully saturated rings. The van der Waals surface area contributed by atoms with E-state index >= 15 is 0 Å². The number of amides is 1. The minimum Gasteiger partial charge on any atom is -0.465 e. The lowest BCUT2D eigenvalue weighted by Crippen LogP contribution is -2.29. The maximum Gasteiger partial charge on any atom is 0.412 e. The largest absolute Gasteiger partial charge is 0.465 e. The summed E-state index contributed by atoms with van der Waals surface area (Å²) in [6.07, 6.45) is 1.06. The van der Waals surface area contributed by atoms with Crippen LogP contribution in [0.4, 0.5) is 9.80 Å². The summed E-state index contributed by atoms with van der Waals surface area (Å²) in [4.78, 5) is 13.7. The lowest BCUT2D eigenvalue weighted by Gasteiger charge is -2.16. The van der Waals surface area contributed by atoms with Gasteiger partial charge in [0.15, 0.2) is 0 Å².